The molecule has 2 N–H and O–H groups in total. The van der Waals surface area contributed by atoms with Crippen molar-refractivity contribution >= 4 is 31.6 Å². The third-order valence-electron chi connectivity index (χ3n) is 2.24. The van der Waals surface area contributed by atoms with Crippen molar-refractivity contribution in [1.29, 1.82) is 0 Å². The Morgan fingerprint density at radius 2 is 1.95 bits per heavy atom. The fourth-order valence-electron chi connectivity index (χ4n) is 1.41. The Hall–Kier alpha value is -1.55. The number of aromatic amines is 1. The van der Waals surface area contributed by atoms with Crippen LogP contribution in [0, 0.1) is 0 Å². The van der Waals surface area contributed by atoms with Crippen LogP contribution < -0.4 is 4.72 Å². The molecule has 0 atom stereocenters. The fourth-order valence-corrected chi connectivity index (χ4v) is 2.85. The Bertz CT molecular complexity index is 714. The minimum Gasteiger partial charge on any atom is -0.334 e. The van der Waals surface area contributed by atoms with E-state index >= 15 is 0 Å². The molecule has 0 saturated heterocycles. The fraction of sp³-hybridized carbons (Fsp3) is 0.100. The van der Waals surface area contributed by atoms with Crippen LogP contribution in [0.4, 0.5) is 18.9 Å². The number of alkyl halides is 3. The average Bonchev–Trinajstić information content (AvgIpc) is 2.79. The van der Waals surface area contributed by atoms with Gasteiger partial charge < -0.3 is 4.98 Å². The van der Waals surface area contributed by atoms with Gasteiger partial charge in [0.2, 0.25) is 0 Å². The molecule has 5 nitrogen and oxygen atoms in total. The number of H-pyrrole nitrogens is 1. The molecule has 0 spiro atoms. The molecule has 0 radical (unpaired) electrons. The average molecular weight is 370 g/mol. The number of aromatic nitrogens is 2. The minimum atomic E-state index is -4.57. The van der Waals surface area contributed by atoms with Gasteiger partial charge in [-0.3, -0.25) is 4.72 Å². The van der Waals surface area contributed by atoms with E-state index in [1.165, 1.54) is 6.07 Å². The van der Waals surface area contributed by atoms with Crippen LogP contribution in [0.2, 0.25) is 0 Å². The lowest BCUT2D eigenvalue weighted by Crippen LogP contribution is -2.14. The van der Waals surface area contributed by atoms with Crippen LogP contribution in [0.25, 0.3) is 0 Å². The highest BCUT2D eigenvalue weighted by atomic mass is 79.9. The van der Waals surface area contributed by atoms with Crippen molar-refractivity contribution in [2.24, 2.45) is 0 Å². The van der Waals surface area contributed by atoms with Crippen molar-refractivity contribution in [1.82, 2.24) is 9.97 Å². The lowest BCUT2D eigenvalue weighted by atomic mass is 10.2. The molecule has 0 fully saturated rings. The number of imidazole rings is 1. The van der Waals surface area contributed by atoms with Crippen molar-refractivity contribution in [3.8, 4) is 0 Å². The summed E-state index contributed by atoms with van der Waals surface area (Å²) in [4.78, 5) is 5.90. The van der Waals surface area contributed by atoms with Crippen LogP contribution in [-0.4, -0.2) is 18.4 Å². The summed E-state index contributed by atoms with van der Waals surface area (Å²) in [5, 5.41) is -0.244. The molecule has 0 amide bonds. The van der Waals surface area contributed by atoms with E-state index in [0.29, 0.717) is 6.07 Å². The number of hydrogen-bond donors (Lipinski definition) is 2. The highest BCUT2D eigenvalue weighted by Crippen LogP contribution is 2.33. The molecule has 1 aromatic carbocycles. The molecule has 108 valence electrons. The Balaban J connectivity index is 2.38. The topological polar surface area (TPSA) is 74.8 Å². The zero-order chi connectivity index (χ0) is 15.0. The lowest BCUT2D eigenvalue weighted by molar-refractivity contribution is -0.137. The maximum Gasteiger partial charge on any atom is 0.416 e. The number of nitrogens with zero attached hydrogens (tertiary/aromatic N) is 1. The van der Waals surface area contributed by atoms with E-state index < -0.39 is 21.8 Å². The van der Waals surface area contributed by atoms with E-state index in [1.807, 2.05) is 4.72 Å². The maximum absolute atomic E-state index is 12.6. The number of hydrogen-bond acceptors (Lipinski definition) is 3. The summed E-state index contributed by atoms with van der Waals surface area (Å²) in [5.41, 5.74) is -1.17. The molecule has 0 bridgehead atoms. The normalized spacial score (nSPS) is 12.4. The Kier molecular flexibility index (Phi) is 3.78. The Morgan fingerprint density at radius 3 is 2.50 bits per heavy atom. The number of halogens is 4. The van der Waals surface area contributed by atoms with Gasteiger partial charge in [-0.1, -0.05) is 15.9 Å². The van der Waals surface area contributed by atoms with Crippen molar-refractivity contribution in [2.75, 3.05) is 4.72 Å². The third kappa shape index (κ3) is 3.31. The molecule has 0 aliphatic carbocycles. The summed E-state index contributed by atoms with van der Waals surface area (Å²) in [7, 11) is -4.01. The number of nitrogens with one attached hydrogen (secondary N) is 2. The second-order valence-electron chi connectivity index (χ2n) is 3.75. The first kappa shape index (κ1) is 14.9. The van der Waals surface area contributed by atoms with Gasteiger partial charge in [-0.05, 0) is 18.2 Å². The van der Waals surface area contributed by atoms with Crippen LogP contribution in [0.15, 0.2) is 40.2 Å². The molecule has 0 saturated carbocycles. The summed E-state index contributed by atoms with van der Waals surface area (Å²) in [6.07, 6.45) is -2.38. The second kappa shape index (κ2) is 5.09. The summed E-state index contributed by atoms with van der Waals surface area (Å²) in [5.74, 6) is 0. The van der Waals surface area contributed by atoms with E-state index in [1.54, 1.807) is 0 Å². The molecule has 0 aliphatic rings. The zero-order valence-electron chi connectivity index (χ0n) is 9.57. The Labute approximate surface area is 120 Å². The molecule has 10 heteroatoms. The maximum atomic E-state index is 12.6. The molecule has 20 heavy (non-hydrogen) atoms. The van der Waals surface area contributed by atoms with Crippen LogP contribution in [-0.2, 0) is 16.2 Å². The van der Waals surface area contributed by atoms with E-state index in [-0.39, 0.29) is 15.2 Å². The van der Waals surface area contributed by atoms with E-state index in [2.05, 4.69) is 25.9 Å². The first-order valence-electron chi connectivity index (χ1n) is 5.07. The van der Waals surface area contributed by atoms with Gasteiger partial charge in [0, 0.05) is 4.47 Å². The highest BCUT2D eigenvalue weighted by Gasteiger charge is 2.31. The monoisotopic (exact) mass is 369 g/mol. The number of sulfonamides is 1. The zero-order valence-corrected chi connectivity index (χ0v) is 12.0. The Morgan fingerprint density at radius 1 is 1.25 bits per heavy atom. The highest BCUT2D eigenvalue weighted by molar-refractivity contribution is 9.10. The number of benzene rings is 1. The van der Waals surface area contributed by atoms with Gasteiger partial charge in [0.1, 0.15) is 0 Å². The van der Waals surface area contributed by atoms with Crippen LogP contribution >= 0.6 is 15.9 Å². The molecule has 1 heterocycles. The van der Waals surface area contributed by atoms with Gasteiger partial charge in [0.05, 0.1) is 23.8 Å². The molecule has 0 unspecified atom stereocenters. The van der Waals surface area contributed by atoms with Gasteiger partial charge in [0.25, 0.3) is 10.0 Å². The van der Waals surface area contributed by atoms with Gasteiger partial charge >= 0.3 is 6.18 Å². The molecule has 0 aliphatic heterocycles. The van der Waals surface area contributed by atoms with Crippen molar-refractivity contribution in [3.05, 3.63) is 40.8 Å². The summed E-state index contributed by atoms with van der Waals surface area (Å²) in [6, 6.07) is 2.79. The molecule has 2 rings (SSSR count). The summed E-state index contributed by atoms with van der Waals surface area (Å²) in [6.45, 7) is 0. The SMILES string of the molecule is O=S(=O)(Nc1cc(Br)cc(C(F)(F)F)c1)c1cnc[nH]1. The number of anilines is 1. The second-order valence-corrected chi connectivity index (χ2v) is 6.31. The van der Waals surface area contributed by atoms with Crippen LogP contribution in [0.3, 0.4) is 0 Å². The summed E-state index contributed by atoms with van der Waals surface area (Å²) < 4.78 is 63.8. The quantitative estimate of drug-likeness (QED) is 0.873. The van der Waals surface area contributed by atoms with Crippen molar-refractivity contribution in [2.45, 2.75) is 11.2 Å². The summed E-state index contributed by atoms with van der Waals surface area (Å²) >= 11 is 2.91. The van der Waals surface area contributed by atoms with Crippen molar-refractivity contribution in [3.63, 3.8) is 0 Å². The van der Waals surface area contributed by atoms with Crippen molar-refractivity contribution < 1.29 is 21.6 Å². The van der Waals surface area contributed by atoms with E-state index in [0.717, 1.165) is 18.6 Å². The standard InChI is InChI=1S/C10H7BrF3N3O2S/c11-7-1-6(10(12,13)14)2-8(3-7)17-20(18,19)9-4-15-5-16-9/h1-5,17H,(H,15,16). The van der Waals surface area contributed by atoms with Crippen LogP contribution in [0.1, 0.15) is 5.56 Å². The molecule has 2 aromatic rings. The number of rotatable bonds is 3. The lowest BCUT2D eigenvalue weighted by Gasteiger charge is -2.11. The van der Waals surface area contributed by atoms with Gasteiger partial charge in [-0.2, -0.15) is 21.6 Å². The molecular weight excluding hydrogens is 363 g/mol. The van der Waals surface area contributed by atoms with E-state index in [9.17, 15) is 21.6 Å². The van der Waals surface area contributed by atoms with E-state index in [4.69, 9.17) is 0 Å². The smallest absolute Gasteiger partial charge is 0.334 e. The minimum absolute atomic E-state index is 0.106. The molecule has 1 aromatic heterocycles. The largest absolute Gasteiger partial charge is 0.416 e. The predicted molar refractivity (Wildman–Crippen MR) is 68.5 cm³/mol. The third-order valence-corrected chi connectivity index (χ3v) is 4.00. The van der Waals surface area contributed by atoms with Gasteiger partial charge in [-0.15, -0.1) is 0 Å². The van der Waals surface area contributed by atoms with Crippen LogP contribution in [0.5, 0.6) is 0 Å². The first-order valence-corrected chi connectivity index (χ1v) is 7.35. The first-order chi connectivity index (χ1) is 9.18. The molecular formula is C10H7BrF3N3O2S. The predicted octanol–water partition coefficient (Wildman–Crippen LogP) is 2.99. The van der Waals surface area contributed by atoms with Gasteiger partial charge in [-0.25, -0.2) is 4.98 Å². The van der Waals surface area contributed by atoms with Gasteiger partial charge in [0.15, 0.2) is 5.03 Å².